The SMILES string of the molecule is CCN(CC)c1nc(C)cc(C(=O)N2CCN(c3ncccn3)CC2)n1. The van der Waals surface area contributed by atoms with Crippen molar-refractivity contribution in [2.24, 2.45) is 0 Å². The van der Waals surface area contributed by atoms with Crippen molar-refractivity contribution in [3.63, 3.8) is 0 Å². The summed E-state index contributed by atoms with van der Waals surface area (Å²) in [6.07, 6.45) is 3.47. The zero-order chi connectivity index (χ0) is 18.5. The van der Waals surface area contributed by atoms with Crippen molar-refractivity contribution in [1.82, 2.24) is 24.8 Å². The molecule has 1 fully saturated rings. The van der Waals surface area contributed by atoms with Gasteiger partial charge in [-0.1, -0.05) is 0 Å². The van der Waals surface area contributed by atoms with E-state index in [4.69, 9.17) is 0 Å². The highest BCUT2D eigenvalue weighted by atomic mass is 16.2. The summed E-state index contributed by atoms with van der Waals surface area (Å²) in [6, 6.07) is 3.57. The molecule has 0 aliphatic carbocycles. The molecule has 138 valence electrons. The number of aromatic nitrogens is 4. The number of carbonyl (C=O) groups excluding carboxylic acids is 1. The van der Waals surface area contributed by atoms with Crippen molar-refractivity contribution in [2.45, 2.75) is 20.8 Å². The first-order valence-corrected chi connectivity index (χ1v) is 9.04. The van der Waals surface area contributed by atoms with Crippen LogP contribution in [0.4, 0.5) is 11.9 Å². The fourth-order valence-corrected chi connectivity index (χ4v) is 3.04. The maximum absolute atomic E-state index is 12.9. The van der Waals surface area contributed by atoms with Crippen LogP contribution in [-0.2, 0) is 0 Å². The average Bonchev–Trinajstić information content (AvgIpc) is 2.69. The highest BCUT2D eigenvalue weighted by molar-refractivity contribution is 5.92. The fourth-order valence-electron chi connectivity index (χ4n) is 3.04. The van der Waals surface area contributed by atoms with E-state index in [1.54, 1.807) is 24.5 Å². The maximum Gasteiger partial charge on any atom is 0.272 e. The van der Waals surface area contributed by atoms with Gasteiger partial charge in [-0.25, -0.2) is 19.9 Å². The summed E-state index contributed by atoms with van der Waals surface area (Å²) in [7, 11) is 0. The first kappa shape index (κ1) is 18.0. The average molecular weight is 355 g/mol. The molecule has 1 aliphatic rings. The van der Waals surface area contributed by atoms with E-state index in [0.717, 1.165) is 18.8 Å². The van der Waals surface area contributed by atoms with Gasteiger partial charge in [0.1, 0.15) is 5.69 Å². The van der Waals surface area contributed by atoms with E-state index in [1.165, 1.54) is 0 Å². The van der Waals surface area contributed by atoms with Gasteiger partial charge in [-0.15, -0.1) is 0 Å². The van der Waals surface area contributed by atoms with Crippen LogP contribution >= 0.6 is 0 Å². The van der Waals surface area contributed by atoms with Crippen LogP contribution in [0.25, 0.3) is 0 Å². The van der Waals surface area contributed by atoms with Crippen molar-refractivity contribution >= 4 is 17.8 Å². The molecule has 0 N–H and O–H groups in total. The molecule has 2 aromatic heterocycles. The van der Waals surface area contributed by atoms with Crippen molar-refractivity contribution in [2.75, 3.05) is 49.1 Å². The van der Waals surface area contributed by atoms with Gasteiger partial charge >= 0.3 is 0 Å². The minimum absolute atomic E-state index is 0.0439. The van der Waals surface area contributed by atoms with E-state index in [0.29, 0.717) is 43.8 Å². The Labute approximate surface area is 153 Å². The van der Waals surface area contributed by atoms with Gasteiger partial charge in [0, 0.05) is 57.4 Å². The number of carbonyl (C=O) groups is 1. The topological polar surface area (TPSA) is 78.4 Å². The third-order valence-corrected chi connectivity index (χ3v) is 4.51. The van der Waals surface area contributed by atoms with E-state index in [1.807, 2.05) is 11.8 Å². The van der Waals surface area contributed by atoms with Crippen LogP contribution in [0.2, 0.25) is 0 Å². The molecule has 2 aromatic rings. The third kappa shape index (κ3) is 3.89. The molecule has 1 amide bonds. The fraction of sp³-hybridized carbons (Fsp3) is 0.500. The summed E-state index contributed by atoms with van der Waals surface area (Å²) in [4.78, 5) is 36.4. The van der Waals surface area contributed by atoms with Gasteiger partial charge in [0.05, 0.1) is 0 Å². The molecule has 0 aromatic carbocycles. The molecule has 3 heterocycles. The van der Waals surface area contributed by atoms with E-state index in [-0.39, 0.29) is 5.91 Å². The van der Waals surface area contributed by atoms with Crippen molar-refractivity contribution in [3.8, 4) is 0 Å². The zero-order valence-electron chi connectivity index (χ0n) is 15.6. The van der Waals surface area contributed by atoms with Crippen LogP contribution < -0.4 is 9.80 Å². The summed E-state index contributed by atoms with van der Waals surface area (Å²) in [6.45, 7) is 10.3. The predicted octanol–water partition coefficient (Wildman–Crippen LogP) is 1.38. The summed E-state index contributed by atoms with van der Waals surface area (Å²) in [5, 5.41) is 0. The Morgan fingerprint density at radius 2 is 1.73 bits per heavy atom. The Morgan fingerprint density at radius 3 is 2.35 bits per heavy atom. The molecule has 8 nitrogen and oxygen atoms in total. The summed E-state index contributed by atoms with van der Waals surface area (Å²) < 4.78 is 0. The summed E-state index contributed by atoms with van der Waals surface area (Å²) in [5.74, 6) is 1.29. The van der Waals surface area contributed by atoms with E-state index in [2.05, 4.69) is 43.6 Å². The molecule has 8 heteroatoms. The van der Waals surface area contributed by atoms with Gasteiger partial charge in [-0.3, -0.25) is 4.79 Å². The summed E-state index contributed by atoms with van der Waals surface area (Å²) >= 11 is 0. The van der Waals surface area contributed by atoms with Crippen LogP contribution in [0.15, 0.2) is 24.5 Å². The van der Waals surface area contributed by atoms with Gasteiger partial charge in [0.15, 0.2) is 0 Å². The van der Waals surface area contributed by atoms with Crippen LogP contribution in [0.1, 0.15) is 30.0 Å². The highest BCUT2D eigenvalue weighted by Gasteiger charge is 2.25. The predicted molar refractivity (Wildman–Crippen MR) is 100 cm³/mol. The quantitative estimate of drug-likeness (QED) is 0.802. The van der Waals surface area contributed by atoms with E-state index < -0.39 is 0 Å². The normalized spacial score (nSPS) is 14.4. The van der Waals surface area contributed by atoms with Crippen LogP contribution in [0.3, 0.4) is 0 Å². The van der Waals surface area contributed by atoms with Crippen molar-refractivity contribution in [3.05, 3.63) is 35.9 Å². The molecule has 1 saturated heterocycles. The van der Waals surface area contributed by atoms with Crippen molar-refractivity contribution < 1.29 is 4.79 Å². The Hall–Kier alpha value is -2.77. The molecule has 0 spiro atoms. The van der Waals surface area contributed by atoms with Crippen LogP contribution in [-0.4, -0.2) is 70.0 Å². The third-order valence-electron chi connectivity index (χ3n) is 4.51. The lowest BCUT2D eigenvalue weighted by molar-refractivity contribution is 0.0740. The van der Waals surface area contributed by atoms with Gasteiger partial charge in [-0.05, 0) is 32.9 Å². The van der Waals surface area contributed by atoms with Crippen LogP contribution in [0.5, 0.6) is 0 Å². The number of rotatable bonds is 5. The Balaban J connectivity index is 1.70. The number of hydrogen-bond acceptors (Lipinski definition) is 7. The number of amides is 1. The number of nitrogens with zero attached hydrogens (tertiary/aromatic N) is 7. The number of anilines is 2. The van der Waals surface area contributed by atoms with Gasteiger partial charge in [0.2, 0.25) is 11.9 Å². The standard InChI is InChI=1S/C18H25N7O/c1-4-23(5-2)18-21-14(3)13-15(22-18)16(26)24-9-11-25(12-10-24)17-19-7-6-8-20-17/h6-8,13H,4-5,9-12H2,1-3H3. The van der Waals surface area contributed by atoms with E-state index >= 15 is 0 Å². The number of aryl methyl sites for hydroxylation is 1. The maximum atomic E-state index is 12.9. The van der Waals surface area contributed by atoms with Gasteiger partial charge < -0.3 is 14.7 Å². The van der Waals surface area contributed by atoms with E-state index in [9.17, 15) is 4.79 Å². The smallest absolute Gasteiger partial charge is 0.272 e. The Morgan fingerprint density at radius 1 is 1.08 bits per heavy atom. The minimum atomic E-state index is -0.0439. The highest BCUT2D eigenvalue weighted by Crippen LogP contribution is 2.15. The molecule has 26 heavy (non-hydrogen) atoms. The second-order valence-electron chi connectivity index (χ2n) is 6.19. The van der Waals surface area contributed by atoms with Gasteiger partial charge in [-0.2, -0.15) is 0 Å². The van der Waals surface area contributed by atoms with Crippen molar-refractivity contribution in [1.29, 1.82) is 0 Å². The molecule has 0 bridgehead atoms. The monoisotopic (exact) mass is 355 g/mol. The van der Waals surface area contributed by atoms with Gasteiger partial charge in [0.25, 0.3) is 5.91 Å². The summed E-state index contributed by atoms with van der Waals surface area (Å²) in [5.41, 5.74) is 1.27. The largest absolute Gasteiger partial charge is 0.341 e. The first-order valence-electron chi connectivity index (χ1n) is 9.04. The minimum Gasteiger partial charge on any atom is -0.341 e. The second kappa shape index (κ2) is 8.07. The molecule has 0 radical (unpaired) electrons. The molecule has 0 saturated carbocycles. The van der Waals surface area contributed by atoms with Crippen LogP contribution in [0, 0.1) is 6.92 Å². The molecular formula is C18H25N7O. The molecule has 0 atom stereocenters. The lowest BCUT2D eigenvalue weighted by atomic mass is 10.2. The molecular weight excluding hydrogens is 330 g/mol. The Kier molecular flexibility index (Phi) is 5.60. The molecule has 1 aliphatic heterocycles. The lowest BCUT2D eigenvalue weighted by Crippen LogP contribution is -2.49. The number of piperazine rings is 1. The first-order chi connectivity index (χ1) is 12.6. The molecule has 3 rings (SSSR count). The second-order valence-corrected chi connectivity index (χ2v) is 6.19. The Bertz CT molecular complexity index is 740. The molecule has 0 unspecified atom stereocenters. The lowest BCUT2D eigenvalue weighted by Gasteiger charge is -2.34. The zero-order valence-corrected chi connectivity index (χ0v) is 15.6. The number of hydrogen-bond donors (Lipinski definition) is 0.